The summed E-state index contributed by atoms with van der Waals surface area (Å²) in [7, 11) is 1.74. The van der Waals surface area contributed by atoms with Crippen LogP contribution in [-0.4, -0.2) is 93.9 Å². The molecule has 2 atom stereocenters. The van der Waals surface area contributed by atoms with Crippen LogP contribution >= 0.6 is 0 Å². The van der Waals surface area contributed by atoms with Gasteiger partial charge in [-0.05, 0) is 25.5 Å². The second-order valence-electron chi connectivity index (χ2n) is 7.96. The molecule has 0 aromatic heterocycles. The van der Waals surface area contributed by atoms with Crippen LogP contribution < -0.4 is 20.3 Å². The van der Waals surface area contributed by atoms with Crippen molar-refractivity contribution in [1.29, 1.82) is 0 Å². The van der Waals surface area contributed by atoms with E-state index in [0.717, 1.165) is 50.9 Å². The van der Waals surface area contributed by atoms with Crippen molar-refractivity contribution >= 4 is 11.6 Å². The third-order valence-electron chi connectivity index (χ3n) is 6.15. The van der Waals surface area contributed by atoms with Gasteiger partial charge in [0.05, 0.1) is 19.3 Å². The molecule has 0 radical (unpaired) electrons. The van der Waals surface area contributed by atoms with Crippen molar-refractivity contribution < 1.29 is 4.74 Å². The van der Waals surface area contributed by atoms with E-state index in [-0.39, 0.29) is 0 Å². The third-order valence-corrected chi connectivity index (χ3v) is 6.15. The second kappa shape index (κ2) is 9.01. The number of para-hydroxylation sites is 2. The Labute approximate surface area is 168 Å². The number of hydrogen-bond acceptors (Lipinski definition) is 5. The van der Waals surface area contributed by atoms with Crippen LogP contribution in [0.15, 0.2) is 29.3 Å². The average Bonchev–Trinajstić information content (AvgIpc) is 3.21. The van der Waals surface area contributed by atoms with Gasteiger partial charge in [0, 0.05) is 64.4 Å². The zero-order valence-corrected chi connectivity index (χ0v) is 17.2. The van der Waals surface area contributed by atoms with Gasteiger partial charge in [-0.15, -0.1) is 0 Å². The van der Waals surface area contributed by atoms with Crippen LogP contribution in [0.2, 0.25) is 0 Å². The molecule has 28 heavy (non-hydrogen) atoms. The summed E-state index contributed by atoms with van der Waals surface area (Å²) in [6.45, 7) is 11.9. The summed E-state index contributed by atoms with van der Waals surface area (Å²) in [5, 5.41) is 7.10. The number of benzene rings is 1. The van der Waals surface area contributed by atoms with E-state index >= 15 is 0 Å². The van der Waals surface area contributed by atoms with Crippen molar-refractivity contribution in [2.75, 3.05) is 70.9 Å². The Kier molecular flexibility index (Phi) is 6.22. The average molecular weight is 387 g/mol. The fraction of sp³-hybridized carbons (Fsp3) is 0.667. The van der Waals surface area contributed by atoms with Crippen molar-refractivity contribution in [2.24, 2.45) is 4.99 Å². The molecule has 0 saturated carbocycles. The summed E-state index contributed by atoms with van der Waals surface area (Å²) < 4.78 is 5.54. The Hall–Kier alpha value is -1.99. The molecule has 4 aliphatic rings. The Balaban J connectivity index is 1.34. The van der Waals surface area contributed by atoms with E-state index in [4.69, 9.17) is 9.73 Å². The van der Waals surface area contributed by atoms with Gasteiger partial charge in [-0.1, -0.05) is 12.1 Å². The Morgan fingerprint density at radius 3 is 2.68 bits per heavy atom. The molecule has 2 N–H and O–H groups in total. The maximum Gasteiger partial charge on any atom is 0.191 e. The molecule has 2 unspecified atom stereocenters. The first kappa shape index (κ1) is 19.3. The molecule has 0 aliphatic carbocycles. The van der Waals surface area contributed by atoms with E-state index in [1.807, 2.05) is 12.1 Å². The molecule has 7 heteroatoms. The summed E-state index contributed by atoms with van der Waals surface area (Å²) in [6.07, 6.45) is 1.10. The van der Waals surface area contributed by atoms with E-state index in [1.165, 1.54) is 31.9 Å². The van der Waals surface area contributed by atoms with Crippen LogP contribution in [0.5, 0.6) is 5.75 Å². The smallest absolute Gasteiger partial charge is 0.191 e. The number of rotatable bonds is 6. The van der Waals surface area contributed by atoms with Gasteiger partial charge in [0.15, 0.2) is 5.96 Å². The summed E-state index contributed by atoms with van der Waals surface area (Å²) in [4.78, 5) is 12.5. The minimum Gasteiger partial charge on any atom is -0.495 e. The van der Waals surface area contributed by atoms with Crippen LogP contribution in [0, 0.1) is 0 Å². The molecule has 0 spiro atoms. The van der Waals surface area contributed by atoms with E-state index < -0.39 is 0 Å². The first-order valence-electron chi connectivity index (χ1n) is 10.7. The van der Waals surface area contributed by atoms with E-state index in [1.54, 1.807) is 7.11 Å². The number of methoxy groups -OCH3 is 1. The minimum absolute atomic E-state index is 0.398. The molecule has 2 bridgehead atoms. The van der Waals surface area contributed by atoms with Crippen LogP contribution in [0.25, 0.3) is 0 Å². The SMILES string of the molecule is CCNC(=NCC1CN2CCN1CC2)NC1CCN(c2ccccc2OC)C1. The predicted octanol–water partition coefficient (Wildman–Crippen LogP) is 0.829. The molecule has 4 aliphatic heterocycles. The maximum absolute atomic E-state index is 5.54. The molecule has 7 nitrogen and oxygen atoms in total. The number of guanidine groups is 1. The highest BCUT2D eigenvalue weighted by Crippen LogP contribution is 2.30. The topological polar surface area (TPSA) is 55.4 Å². The molecular formula is C21H34N6O. The summed E-state index contributed by atoms with van der Waals surface area (Å²) in [5.41, 5.74) is 1.18. The summed E-state index contributed by atoms with van der Waals surface area (Å²) in [5.74, 6) is 1.90. The highest BCUT2D eigenvalue weighted by molar-refractivity contribution is 5.80. The molecule has 4 heterocycles. The molecule has 1 aromatic rings. The van der Waals surface area contributed by atoms with Gasteiger partial charge in [-0.3, -0.25) is 14.8 Å². The van der Waals surface area contributed by atoms with E-state index in [2.05, 4.69) is 44.4 Å². The standard InChI is InChI=1S/C21H34N6O/c1-3-22-21(23-14-18-16-25-10-12-26(18)13-11-25)24-17-8-9-27(15-17)19-6-4-5-7-20(19)28-2/h4-7,17-18H,3,8-16H2,1-2H3,(H2,22,23,24). The number of nitrogens with one attached hydrogen (secondary N) is 2. The van der Waals surface area contributed by atoms with Gasteiger partial charge in [0.1, 0.15) is 5.75 Å². The van der Waals surface area contributed by atoms with Gasteiger partial charge in [0.25, 0.3) is 0 Å². The maximum atomic E-state index is 5.54. The Bertz CT molecular complexity index is 673. The van der Waals surface area contributed by atoms with Gasteiger partial charge in [0.2, 0.25) is 0 Å². The lowest BCUT2D eigenvalue weighted by Crippen LogP contribution is -2.62. The monoisotopic (exact) mass is 386 g/mol. The number of aliphatic imine (C=N–C) groups is 1. The van der Waals surface area contributed by atoms with Crippen LogP contribution in [-0.2, 0) is 0 Å². The summed E-state index contributed by atoms with van der Waals surface area (Å²) in [6, 6.07) is 9.23. The normalized spacial score (nSPS) is 29.8. The molecule has 4 saturated heterocycles. The van der Waals surface area contributed by atoms with Gasteiger partial charge < -0.3 is 20.3 Å². The lowest BCUT2D eigenvalue weighted by molar-refractivity contribution is 0.0174. The lowest BCUT2D eigenvalue weighted by Gasteiger charge is -2.47. The largest absolute Gasteiger partial charge is 0.495 e. The van der Waals surface area contributed by atoms with Gasteiger partial charge >= 0.3 is 0 Å². The zero-order chi connectivity index (χ0) is 19.3. The molecular weight excluding hydrogens is 352 g/mol. The van der Waals surface area contributed by atoms with E-state index in [0.29, 0.717) is 12.1 Å². The van der Waals surface area contributed by atoms with Crippen molar-refractivity contribution in [1.82, 2.24) is 20.4 Å². The fourth-order valence-electron chi connectivity index (χ4n) is 4.60. The highest BCUT2D eigenvalue weighted by Gasteiger charge is 2.31. The number of piperazine rings is 3. The third kappa shape index (κ3) is 4.36. The van der Waals surface area contributed by atoms with Crippen molar-refractivity contribution in [3.05, 3.63) is 24.3 Å². The predicted molar refractivity (Wildman–Crippen MR) is 115 cm³/mol. The fourth-order valence-corrected chi connectivity index (χ4v) is 4.60. The molecule has 0 amide bonds. The number of fused-ring (bicyclic) bond motifs is 3. The van der Waals surface area contributed by atoms with Gasteiger partial charge in [-0.25, -0.2) is 0 Å². The van der Waals surface area contributed by atoms with Gasteiger partial charge in [-0.2, -0.15) is 0 Å². The first-order chi connectivity index (χ1) is 13.8. The summed E-state index contributed by atoms with van der Waals surface area (Å²) >= 11 is 0. The van der Waals surface area contributed by atoms with Crippen LogP contribution in [0.1, 0.15) is 13.3 Å². The zero-order valence-electron chi connectivity index (χ0n) is 17.2. The van der Waals surface area contributed by atoms with Crippen LogP contribution in [0.3, 0.4) is 0 Å². The number of ether oxygens (including phenoxy) is 1. The number of nitrogens with zero attached hydrogens (tertiary/aromatic N) is 4. The molecule has 1 aromatic carbocycles. The Morgan fingerprint density at radius 2 is 1.96 bits per heavy atom. The Morgan fingerprint density at radius 1 is 1.14 bits per heavy atom. The number of anilines is 1. The molecule has 4 fully saturated rings. The number of hydrogen-bond donors (Lipinski definition) is 2. The van der Waals surface area contributed by atoms with Crippen molar-refractivity contribution in [3.8, 4) is 5.75 Å². The molecule has 154 valence electrons. The first-order valence-corrected chi connectivity index (χ1v) is 10.7. The highest BCUT2D eigenvalue weighted by atomic mass is 16.5. The van der Waals surface area contributed by atoms with Crippen molar-refractivity contribution in [2.45, 2.75) is 25.4 Å². The van der Waals surface area contributed by atoms with E-state index in [9.17, 15) is 0 Å². The van der Waals surface area contributed by atoms with Crippen molar-refractivity contribution in [3.63, 3.8) is 0 Å². The molecule has 5 rings (SSSR count). The lowest BCUT2D eigenvalue weighted by atomic mass is 10.1. The quantitative estimate of drug-likeness (QED) is 0.558. The minimum atomic E-state index is 0.398. The van der Waals surface area contributed by atoms with Crippen LogP contribution in [0.4, 0.5) is 5.69 Å². The second-order valence-corrected chi connectivity index (χ2v) is 7.96.